The molecule has 1 aromatic rings. The molecule has 0 radical (unpaired) electrons. The van der Waals surface area contributed by atoms with Crippen LogP contribution < -0.4 is 4.74 Å². The number of rotatable bonds is 5. The van der Waals surface area contributed by atoms with Crippen LogP contribution in [0.15, 0.2) is 5.16 Å². The molecule has 1 rings (SSSR count). The Morgan fingerprint density at radius 3 is 2.94 bits per heavy atom. The third kappa shape index (κ3) is 4.86. The lowest BCUT2D eigenvalue weighted by Crippen LogP contribution is -2.21. The van der Waals surface area contributed by atoms with Gasteiger partial charge in [-0.2, -0.15) is 9.36 Å². The van der Waals surface area contributed by atoms with Crippen LogP contribution in [0.2, 0.25) is 0 Å². The van der Waals surface area contributed by atoms with Gasteiger partial charge in [0, 0.05) is 37.4 Å². The van der Waals surface area contributed by atoms with Crippen LogP contribution >= 0.6 is 23.3 Å². The molecule has 1 unspecified atom stereocenters. The van der Waals surface area contributed by atoms with Gasteiger partial charge >= 0.3 is 0 Å². The molecule has 0 fully saturated rings. The highest BCUT2D eigenvalue weighted by Crippen LogP contribution is 2.23. The van der Waals surface area contributed by atoms with Crippen LogP contribution in [-0.4, -0.2) is 63.1 Å². The first-order valence-corrected chi connectivity index (χ1v) is 6.26. The van der Waals surface area contributed by atoms with Crippen molar-refractivity contribution in [2.45, 2.75) is 11.3 Å². The fourth-order valence-electron chi connectivity index (χ4n) is 0.687. The Hall–Kier alpha value is -0.900. The smallest absolute Gasteiger partial charge is 0.294 e. The molecule has 1 heterocycles. The predicted molar refractivity (Wildman–Crippen MR) is 63.4 cm³/mol. The van der Waals surface area contributed by atoms with Crippen LogP contribution in [0, 0.1) is 0 Å². The van der Waals surface area contributed by atoms with E-state index in [-0.39, 0.29) is 23.6 Å². The zero-order chi connectivity index (χ0) is 12.8. The fourth-order valence-corrected chi connectivity index (χ4v) is 1.92. The number of carbonyl (C=O) groups is 1. The molecule has 1 aromatic heterocycles. The van der Waals surface area contributed by atoms with Gasteiger partial charge < -0.3 is 19.8 Å². The van der Waals surface area contributed by atoms with Crippen molar-refractivity contribution in [1.82, 2.24) is 14.3 Å². The second kappa shape index (κ2) is 6.74. The van der Waals surface area contributed by atoms with Crippen molar-refractivity contribution in [3.05, 3.63) is 0 Å². The standard InChI is InChI=1S/C8H13N3O4S2/c1-11(2)8(14)16-6-9-7(17-10-6)15-4-5(13)3-12/h5,12-13H,3-4H2,1-2H3. The van der Waals surface area contributed by atoms with E-state index in [1.165, 1.54) is 4.90 Å². The fraction of sp³-hybridized carbons (Fsp3) is 0.625. The normalized spacial score (nSPS) is 12.2. The monoisotopic (exact) mass is 279 g/mol. The van der Waals surface area contributed by atoms with Gasteiger partial charge in [-0.1, -0.05) is 0 Å². The molecule has 0 aromatic carbocycles. The van der Waals surface area contributed by atoms with E-state index in [2.05, 4.69) is 9.36 Å². The maximum Gasteiger partial charge on any atom is 0.294 e. The highest BCUT2D eigenvalue weighted by molar-refractivity contribution is 8.13. The second-order valence-electron chi connectivity index (χ2n) is 3.25. The summed E-state index contributed by atoms with van der Waals surface area (Å²) in [6.45, 7) is -0.434. The number of aliphatic hydroxyl groups excluding tert-OH is 2. The summed E-state index contributed by atoms with van der Waals surface area (Å²) in [5.41, 5.74) is 0. The summed E-state index contributed by atoms with van der Waals surface area (Å²) in [5.74, 6) is 0. The lowest BCUT2D eigenvalue weighted by Gasteiger charge is -2.06. The summed E-state index contributed by atoms with van der Waals surface area (Å²) in [5, 5.41) is 18.0. The van der Waals surface area contributed by atoms with Crippen LogP contribution in [0.25, 0.3) is 0 Å². The summed E-state index contributed by atoms with van der Waals surface area (Å²) in [6.07, 6.45) is -0.946. The van der Waals surface area contributed by atoms with Crippen molar-refractivity contribution >= 4 is 28.5 Å². The Kier molecular flexibility index (Phi) is 5.62. The van der Waals surface area contributed by atoms with Crippen LogP contribution in [0.5, 0.6) is 5.19 Å². The quantitative estimate of drug-likeness (QED) is 0.735. The van der Waals surface area contributed by atoms with Gasteiger partial charge in [0.1, 0.15) is 12.7 Å². The summed E-state index contributed by atoms with van der Waals surface area (Å²) < 4.78 is 9.00. The Labute approximate surface area is 107 Å². The van der Waals surface area contributed by atoms with E-state index in [0.29, 0.717) is 5.16 Å². The number of nitrogens with zero attached hydrogens (tertiary/aromatic N) is 3. The minimum Gasteiger partial charge on any atom is -0.466 e. The molecule has 0 aliphatic carbocycles. The largest absolute Gasteiger partial charge is 0.466 e. The number of amides is 1. The highest BCUT2D eigenvalue weighted by atomic mass is 32.2. The SMILES string of the molecule is CN(C)C(=O)Sc1nsc(OCC(O)CO)n1. The van der Waals surface area contributed by atoms with Crippen molar-refractivity contribution in [2.24, 2.45) is 0 Å². The first kappa shape index (κ1) is 14.2. The van der Waals surface area contributed by atoms with Gasteiger partial charge in [0.2, 0.25) is 5.16 Å². The molecule has 0 saturated carbocycles. The van der Waals surface area contributed by atoms with E-state index in [4.69, 9.17) is 14.9 Å². The molecule has 96 valence electrons. The highest BCUT2D eigenvalue weighted by Gasteiger charge is 2.13. The maximum absolute atomic E-state index is 11.3. The van der Waals surface area contributed by atoms with E-state index in [9.17, 15) is 4.79 Å². The number of ether oxygens (including phenoxy) is 1. The Bertz CT molecular complexity index is 371. The molecule has 9 heteroatoms. The summed E-state index contributed by atoms with van der Waals surface area (Å²) in [6, 6.07) is 0. The van der Waals surface area contributed by atoms with Crippen LogP contribution in [-0.2, 0) is 0 Å². The molecular weight excluding hydrogens is 266 g/mol. The Balaban J connectivity index is 2.45. The first-order chi connectivity index (χ1) is 8.02. The third-order valence-corrected chi connectivity index (χ3v) is 3.19. The van der Waals surface area contributed by atoms with E-state index >= 15 is 0 Å². The second-order valence-corrected chi connectivity index (χ2v) is 4.89. The molecule has 2 N–H and O–H groups in total. The van der Waals surface area contributed by atoms with E-state index in [1.54, 1.807) is 14.1 Å². The molecule has 0 aliphatic heterocycles. The summed E-state index contributed by atoms with van der Waals surface area (Å²) in [4.78, 5) is 16.7. The number of aromatic nitrogens is 2. The minimum absolute atomic E-state index is 0.0581. The summed E-state index contributed by atoms with van der Waals surface area (Å²) in [7, 11) is 3.27. The summed E-state index contributed by atoms with van der Waals surface area (Å²) >= 11 is 1.88. The zero-order valence-corrected chi connectivity index (χ0v) is 11.0. The van der Waals surface area contributed by atoms with Gasteiger partial charge in [-0.05, 0) is 0 Å². The van der Waals surface area contributed by atoms with Gasteiger partial charge in [-0.15, -0.1) is 0 Å². The number of aliphatic hydroxyl groups is 2. The topological polar surface area (TPSA) is 95.8 Å². The van der Waals surface area contributed by atoms with Crippen molar-refractivity contribution < 1.29 is 19.7 Å². The number of hydrogen-bond acceptors (Lipinski definition) is 8. The van der Waals surface area contributed by atoms with Gasteiger partial charge in [0.15, 0.2) is 0 Å². The minimum atomic E-state index is -0.946. The molecule has 7 nitrogen and oxygen atoms in total. The van der Waals surface area contributed by atoms with E-state index in [0.717, 1.165) is 23.3 Å². The van der Waals surface area contributed by atoms with Crippen molar-refractivity contribution in [3.8, 4) is 5.19 Å². The molecule has 1 atom stereocenters. The molecule has 0 saturated heterocycles. The first-order valence-electron chi connectivity index (χ1n) is 4.67. The molecule has 0 aliphatic rings. The van der Waals surface area contributed by atoms with Gasteiger partial charge in [0.05, 0.1) is 6.61 Å². The third-order valence-electron chi connectivity index (χ3n) is 1.54. The maximum atomic E-state index is 11.3. The van der Waals surface area contributed by atoms with Crippen molar-refractivity contribution in [3.63, 3.8) is 0 Å². The molecule has 0 bridgehead atoms. The lowest BCUT2D eigenvalue weighted by molar-refractivity contribution is 0.0534. The predicted octanol–water partition coefficient (Wildman–Crippen LogP) is 0.0438. The van der Waals surface area contributed by atoms with Gasteiger partial charge in [-0.25, -0.2) is 0 Å². The van der Waals surface area contributed by atoms with Crippen molar-refractivity contribution in [2.75, 3.05) is 27.3 Å². The molecule has 0 spiro atoms. The Morgan fingerprint density at radius 1 is 1.65 bits per heavy atom. The number of hydrogen-bond donors (Lipinski definition) is 2. The average molecular weight is 279 g/mol. The van der Waals surface area contributed by atoms with Gasteiger partial charge in [0.25, 0.3) is 10.4 Å². The zero-order valence-electron chi connectivity index (χ0n) is 9.36. The number of thioether (sulfide) groups is 1. The molecular formula is C8H13N3O4S2. The van der Waals surface area contributed by atoms with E-state index in [1.807, 2.05) is 0 Å². The van der Waals surface area contributed by atoms with E-state index < -0.39 is 6.10 Å². The van der Waals surface area contributed by atoms with Crippen LogP contribution in [0.4, 0.5) is 4.79 Å². The average Bonchev–Trinajstić information content (AvgIpc) is 2.73. The number of carbonyl (C=O) groups excluding carboxylic acids is 1. The van der Waals surface area contributed by atoms with Crippen LogP contribution in [0.3, 0.4) is 0 Å². The Morgan fingerprint density at radius 2 is 2.35 bits per heavy atom. The lowest BCUT2D eigenvalue weighted by atomic mass is 10.4. The molecule has 1 amide bonds. The molecule has 17 heavy (non-hydrogen) atoms. The van der Waals surface area contributed by atoms with Crippen LogP contribution in [0.1, 0.15) is 0 Å². The van der Waals surface area contributed by atoms with Gasteiger partial charge in [-0.3, -0.25) is 4.79 Å². The van der Waals surface area contributed by atoms with Crippen molar-refractivity contribution in [1.29, 1.82) is 0 Å².